The number of fused-ring (bicyclic) bond motifs is 3. The molecular weight excluding hydrogens is 430 g/mol. The lowest BCUT2D eigenvalue weighted by Gasteiger charge is -2.17. The van der Waals surface area contributed by atoms with Gasteiger partial charge in [-0.2, -0.15) is 0 Å². The van der Waals surface area contributed by atoms with E-state index in [0.29, 0.717) is 28.9 Å². The molecule has 4 rings (SSSR count). The van der Waals surface area contributed by atoms with Crippen LogP contribution in [0.5, 0.6) is 0 Å². The molecule has 31 heavy (non-hydrogen) atoms. The molecule has 0 spiro atoms. The van der Waals surface area contributed by atoms with E-state index in [4.69, 9.17) is 4.98 Å². The Morgan fingerprint density at radius 2 is 2.16 bits per heavy atom. The Bertz CT molecular complexity index is 1230. The summed E-state index contributed by atoms with van der Waals surface area (Å²) >= 11 is 2.89. The molecule has 1 aliphatic carbocycles. The molecule has 2 heterocycles. The first-order chi connectivity index (χ1) is 14.9. The molecule has 1 amide bonds. The highest BCUT2D eigenvalue weighted by Gasteiger charge is 2.24. The zero-order chi connectivity index (χ0) is 22.1. The number of rotatable bonds is 6. The Kier molecular flexibility index (Phi) is 6.29. The Morgan fingerprint density at radius 3 is 2.90 bits per heavy atom. The number of Topliss-reactive ketones (excluding diaryl/α,β-unsaturated/α-hetero) is 1. The molecule has 6 nitrogen and oxygen atoms in total. The van der Waals surface area contributed by atoms with Crippen LogP contribution in [0.2, 0.25) is 0 Å². The summed E-state index contributed by atoms with van der Waals surface area (Å²) in [7, 11) is 0. The molecule has 162 valence electrons. The fourth-order valence-electron chi connectivity index (χ4n) is 3.94. The number of benzene rings is 1. The molecule has 0 saturated heterocycles. The van der Waals surface area contributed by atoms with Gasteiger partial charge in [0.2, 0.25) is 5.91 Å². The summed E-state index contributed by atoms with van der Waals surface area (Å²) in [6.45, 7) is 6.17. The second-order valence-corrected chi connectivity index (χ2v) is 9.98. The number of amides is 1. The molecule has 1 aromatic carbocycles. The van der Waals surface area contributed by atoms with Crippen molar-refractivity contribution in [2.45, 2.75) is 51.7 Å². The third-order valence-electron chi connectivity index (χ3n) is 5.58. The molecule has 2 aromatic heterocycles. The van der Waals surface area contributed by atoms with Gasteiger partial charge in [-0.25, -0.2) is 4.98 Å². The van der Waals surface area contributed by atoms with Gasteiger partial charge in [-0.15, -0.1) is 11.3 Å². The van der Waals surface area contributed by atoms with Crippen LogP contribution in [0.25, 0.3) is 10.2 Å². The maximum atomic E-state index is 13.2. The average Bonchev–Trinajstić information content (AvgIpc) is 3.10. The number of thiophene rings is 1. The highest BCUT2D eigenvalue weighted by molar-refractivity contribution is 7.99. The summed E-state index contributed by atoms with van der Waals surface area (Å²) in [4.78, 5) is 44.1. The number of nitrogens with zero attached hydrogens (tertiary/aromatic N) is 2. The maximum absolute atomic E-state index is 13.2. The van der Waals surface area contributed by atoms with Crippen LogP contribution in [0, 0.1) is 5.92 Å². The van der Waals surface area contributed by atoms with E-state index in [2.05, 4.69) is 12.2 Å². The van der Waals surface area contributed by atoms with Crippen molar-refractivity contribution in [1.82, 2.24) is 9.55 Å². The summed E-state index contributed by atoms with van der Waals surface area (Å²) < 4.78 is 1.67. The van der Waals surface area contributed by atoms with Crippen molar-refractivity contribution in [3.05, 3.63) is 50.6 Å². The smallest absolute Gasteiger partial charge is 0.263 e. The van der Waals surface area contributed by atoms with Crippen molar-refractivity contribution in [2.24, 2.45) is 5.92 Å². The molecule has 1 aliphatic rings. The number of nitrogens with one attached hydrogen (secondary N) is 1. The zero-order valence-corrected chi connectivity index (χ0v) is 19.5. The number of hydrogen-bond acceptors (Lipinski definition) is 6. The van der Waals surface area contributed by atoms with Gasteiger partial charge >= 0.3 is 0 Å². The van der Waals surface area contributed by atoms with E-state index in [1.54, 1.807) is 40.2 Å². The quantitative estimate of drug-likeness (QED) is 0.335. The lowest BCUT2D eigenvalue weighted by Crippen LogP contribution is -2.24. The normalized spacial score (nSPS) is 15.6. The van der Waals surface area contributed by atoms with Gasteiger partial charge in [-0.3, -0.25) is 19.0 Å². The number of aromatic nitrogens is 2. The molecule has 1 atom stereocenters. The van der Waals surface area contributed by atoms with Crippen LogP contribution in [-0.2, 0) is 24.2 Å². The van der Waals surface area contributed by atoms with Crippen molar-refractivity contribution in [1.29, 1.82) is 0 Å². The molecule has 1 unspecified atom stereocenters. The van der Waals surface area contributed by atoms with Crippen LogP contribution in [0.3, 0.4) is 0 Å². The van der Waals surface area contributed by atoms with Gasteiger partial charge in [-0.1, -0.05) is 30.8 Å². The van der Waals surface area contributed by atoms with E-state index in [1.165, 1.54) is 29.1 Å². The van der Waals surface area contributed by atoms with Gasteiger partial charge in [0.1, 0.15) is 4.83 Å². The topological polar surface area (TPSA) is 81.1 Å². The standard InChI is InChI=1S/C23H25N3O3S2/c1-4-26-22(29)20-17-9-8-13(2)10-18(17)31-21(20)25-23(26)30-12-19(28)24-16-7-5-6-15(11-16)14(3)27/h5-7,11,13H,4,8-10,12H2,1-3H3,(H,24,28). The molecular formula is C23H25N3O3S2. The fourth-order valence-corrected chi connectivity index (χ4v) is 6.22. The second-order valence-electron chi connectivity index (χ2n) is 7.95. The average molecular weight is 456 g/mol. The van der Waals surface area contributed by atoms with Crippen molar-refractivity contribution in [3.8, 4) is 0 Å². The first-order valence-corrected chi connectivity index (χ1v) is 12.3. The summed E-state index contributed by atoms with van der Waals surface area (Å²) in [5, 5.41) is 4.15. The molecule has 0 radical (unpaired) electrons. The zero-order valence-electron chi connectivity index (χ0n) is 17.9. The SMILES string of the molecule is CCn1c(SCC(=O)Nc2cccc(C(C)=O)c2)nc2sc3c(c2c1=O)CCC(C)C3. The number of carbonyl (C=O) groups is 2. The highest BCUT2D eigenvalue weighted by Crippen LogP contribution is 2.36. The Labute approximate surface area is 189 Å². The minimum absolute atomic E-state index is 0.00313. The lowest BCUT2D eigenvalue weighted by molar-refractivity contribution is -0.113. The van der Waals surface area contributed by atoms with E-state index >= 15 is 0 Å². The fraction of sp³-hybridized carbons (Fsp3) is 0.391. The molecule has 0 bridgehead atoms. The van der Waals surface area contributed by atoms with Crippen LogP contribution in [0.15, 0.2) is 34.2 Å². The van der Waals surface area contributed by atoms with Gasteiger partial charge in [0.05, 0.1) is 11.1 Å². The summed E-state index contributed by atoms with van der Waals surface area (Å²) in [6, 6.07) is 6.86. The van der Waals surface area contributed by atoms with Crippen molar-refractivity contribution < 1.29 is 9.59 Å². The second kappa shape index (κ2) is 8.96. The first-order valence-electron chi connectivity index (χ1n) is 10.5. The van der Waals surface area contributed by atoms with Gasteiger partial charge in [0.15, 0.2) is 10.9 Å². The number of hydrogen-bond donors (Lipinski definition) is 1. The Hall–Kier alpha value is -2.45. The molecule has 8 heteroatoms. The molecule has 0 aliphatic heterocycles. The summed E-state index contributed by atoms with van der Waals surface area (Å²) in [6.07, 6.45) is 3.05. The van der Waals surface area contributed by atoms with Crippen LogP contribution < -0.4 is 10.9 Å². The Morgan fingerprint density at radius 1 is 1.35 bits per heavy atom. The third-order valence-corrected chi connectivity index (χ3v) is 7.71. The van der Waals surface area contributed by atoms with Gasteiger partial charge in [-0.05, 0) is 56.7 Å². The van der Waals surface area contributed by atoms with Gasteiger partial charge < -0.3 is 5.32 Å². The predicted molar refractivity (Wildman–Crippen MR) is 127 cm³/mol. The number of ketones is 1. The lowest BCUT2D eigenvalue weighted by atomic mass is 9.89. The molecule has 3 aromatic rings. The number of aryl methyl sites for hydroxylation is 1. The van der Waals surface area contributed by atoms with E-state index in [0.717, 1.165) is 29.5 Å². The predicted octanol–water partition coefficient (Wildman–Crippen LogP) is 4.54. The van der Waals surface area contributed by atoms with Gasteiger partial charge in [0, 0.05) is 22.7 Å². The number of anilines is 1. The van der Waals surface area contributed by atoms with E-state index in [-0.39, 0.29) is 23.0 Å². The highest BCUT2D eigenvalue weighted by atomic mass is 32.2. The first kappa shape index (κ1) is 21.8. The Balaban J connectivity index is 1.55. The molecule has 0 fully saturated rings. The van der Waals surface area contributed by atoms with E-state index in [9.17, 15) is 14.4 Å². The van der Waals surface area contributed by atoms with Crippen LogP contribution in [0.4, 0.5) is 5.69 Å². The van der Waals surface area contributed by atoms with Crippen molar-refractivity contribution in [3.63, 3.8) is 0 Å². The minimum Gasteiger partial charge on any atom is -0.325 e. The van der Waals surface area contributed by atoms with Crippen molar-refractivity contribution in [2.75, 3.05) is 11.1 Å². The number of carbonyl (C=O) groups excluding carboxylic acids is 2. The van der Waals surface area contributed by atoms with Crippen molar-refractivity contribution >= 4 is 50.7 Å². The monoisotopic (exact) mass is 455 g/mol. The van der Waals surface area contributed by atoms with Crippen LogP contribution >= 0.6 is 23.1 Å². The van der Waals surface area contributed by atoms with E-state index < -0.39 is 0 Å². The van der Waals surface area contributed by atoms with Gasteiger partial charge in [0.25, 0.3) is 5.56 Å². The van der Waals surface area contributed by atoms with Crippen LogP contribution in [0.1, 0.15) is 48.0 Å². The third kappa shape index (κ3) is 4.45. The summed E-state index contributed by atoms with van der Waals surface area (Å²) in [5.74, 6) is 0.502. The molecule has 0 saturated carbocycles. The summed E-state index contributed by atoms with van der Waals surface area (Å²) in [5.41, 5.74) is 2.30. The molecule has 1 N–H and O–H groups in total. The maximum Gasteiger partial charge on any atom is 0.263 e. The number of thioether (sulfide) groups is 1. The van der Waals surface area contributed by atoms with Crippen LogP contribution in [-0.4, -0.2) is 27.0 Å². The largest absolute Gasteiger partial charge is 0.325 e. The van der Waals surface area contributed by atoms with E-state index in [1.807, 2.05) is 6.92 Å². The minimum atomic E-state index is -0.206.